The molecule has 0 aromatic heterocycles. The molecule has 4 rings (SSSR count). The topological polar surface area (TPSA) is 0 Å². The molecule has 0 heterocycles. The number of alkyl halides is 3. The highest BCUT2D eigenvalue weighted by Gasteiger charge is 2.93. The molecule has 112 valence electrons. The van der Waals surface area contributed by atoms with Crippen molar-refractivity contribution < 1.29 is 13.2 Å². The zero-order valence-corrected chi connectivity index (χ0v) is 13.4. The van der Waals surface area contributed by atoms with E-state index in [-0.39, 0.29) is 11.8 Å². The molecule has 3 saturated carbocycles. The van der Waals surface area contributed by atoms with Crippen molar-refractivity contribution in [2.45, 2.75) is 51.1 Å². The normalized spacial score (nSPS) is 52.3. The first-order valence-corrected chi connectivity index (χ1v) is 11.6. The standard InChI is InChI=1S/C16H23F3Si/c1-20(2,3)9-14-12-7-8-15(14,16(17,18)19)13(14)11-6-4-5-10(11)12/h7-8,10-13H,4-6,9H2,1-3H3/t10-,11+,12?,13-,14+,15+/m1/s1. The van der Waals surface area contributed by atoms with Crippen LogP contribution in [0, 0.1) is 34.5 Å². The van der Waals surface area contributed by atoms with Gasteiger partial charge >= 0.3 is 6.18 Å². The third-order valence-electron chi connectivity index (χ3n) is 6.70. The van der Waals surface area contributed by atoms with E-state index in [2.05, 4.69) is 19.6 Å². The van der Waals surface area contributed by atoms with Gasteiger partial charge in [0.15, 0.2) is 0 Å². The van der Waals surface area contributed by atoms with Crippen LogP contribution in [0.4, 0.5) is 13.2 Å². The first-order chi connectivity index (χ1) is 9.15. The molecular formula is C16H23F3Si. The lowest BCUT2D eigenvalue weighted by molar-refractivity contribution is -0.189. The molecule has 0 spiro atoms. The van der Waals surface area contributed by atoms with E-state index in [1.807, 2.05) is 6.08 Å². The fraction of sp³-hybridized carbons (Fsp3) is 0.875. The van der Waals surface area contributed by atoms with Crippen molar-refractivity contribution in [3.8, 4) is 0 Å². The Morgan fingerprint density at radius 2 is 1.80 bits per heavy atom. The van der Waals surface area contributed by atoms with E-state index in [1.165, 1.54) is 0 Å². The predicted molar refractivity (Wildman–Crippen MR) is 76.0 cm³/mol. The van der Waals surface area contributed by atoms with Gasteiger partial charge in [-0.2, -0.15) is 13.2 Å². The summed E-state index contributed by atoms with van der Waals surface area (Å²) in [6.07, 6.45) is 2.88. The van der Waals surface area contributed by atoms with Crippen molar-refractivity contribution in [2.75, 3.05) is 0 Å². The van der Waals surface area contributed by atoms with Gasteiger partial charge in [-0.25, -0.2) is 0 Å². The lowest BCUT2D eigenvalue weighted by Crippen LogP contribution is -2.37. The van der Waals surface area contributed by atoms with Crippen LogP contribution in [0.2, 0.25) is 25.7 Å². The smallest absolute Gasteiger partial charge is 0.170 e. The number of fused-ring (bicyclic) bond motifs is 4. The molecule has 0 amide bonds. The molecule has 0 aromatic carbocycles. The van der Waals surface area contributed by atoms with Crippen LogP contribution in [0.5, 0.6) is 0 Å². The van der Waals surface area contributed by atoms with Gasteiger partial charge in [0.2, 0.25) is 0 Å². The van der Waals surface area contributed by atoms with Gasteiger partial charge in [0.1, 0.15) is 0 Å². The van der Waals surface area contributed by atoms with Crippen LogP contribution in [-0.2, 0) is 0 Å². The van der Waals surface area contributed by atoms with Gasteiger partial charge < -0.3 is 0 Å². The molecule has 0 nitrogen and oxygen atoms in total. The summed E-state index contributed by atoms with van der Waals surface area (Å²) in [6.45, 7) is 6.69. The second-order valence-corrected chi connectivity index (χ2v) is 14.2. The van der Waals surface area contributed by atoms with Gasteiger partial charge in [-0.15, -0.1) is 0 Å². The van der Waals surface area contributed by atoms with Crippen LogP contribution >= 0.6 is 0 Å². The Balaban J connectivity index is 1.81. The highest BCUT2D eigenvalue weighted by atomic mass is 28.3. The number of rotatable bonds is 2. The summed E-state index contributed by atoms with van der Waals surface area (Å²) in [6, 6.07) is 0.856. The van der Waals surface area contributed by atoms with Crippen LogP contribution in [0.3, 0.4) is 0 Å². The first kappa shape index (κ1) is 13.4. The maximum Gasteiger partial charge on any atom is 0.398 e. The Hall–Kier alpha value is -0.253. The minimum Gasteiger partial charge on any atom is -0.170 e. The highest BCUT2D eigenvalue weighted by molar-refractivity contribution is 6.76. The zero-order chi connectivity index (χ0) is 14.6. The summed E-state index contributed by atoms with van der Waals surface area (Å²) >= 11 is 0. The van der Waals surface area contributed by atoms with Crippen LogP contribution in [0.25, 0.3) is 0 Å². The molecule has 0 radical (unpaired) electrons. The van der Waals surface area contributed by atoms with Crippen LogP contribution in [0.15, 0.2) is 12.2 Å². The van der Waals surface area contributed by atoms with Gasteiger partial charge in [-0.3, -0.25) is 0 Å². The Labute approximate surface area is 119 Å². The minimum absolute atomic E-state index is 0.0794. The van der Waals surface area contributed by atoms with Gasteiger partial charge in [0, 0.05) is 8.07 Å². The van der Waals surface area contributed by atoms with Crippen molar-refractivity contribution in [1.29, 1.82) is 0 Å². The number of halogens is 3. The number of hydrogen-bond donors (Lipinski definition) is 0. The second kappa shape index (κ2) is 3.39. The molecule has 20 heavy (non-hydrogen) atoms. The maximum absolute atomic E-state index is 13.9. The Morgan fingerprint density at radius 1 is 1.15 bits per heavy atom. The second-order valence-electron chi connectivity index (χ2n) is 8.77. The van der Waals surface area contributed by atoms with E-state index in [0.717, 1.165) is 25.3 Å². The Morgan fingerprint density at radius 3 is 2.40 bits per heavy atom. The summed E-state index contributed by atoms with van der Waals surface area (Å²) in [7, 11) is -1.51. The van der Waals surface area contributed by atoms with Crippen molar-refractivity contribution in [3.63, 3.8) is 0 Å². The van der Waals surface area contributed by atoms with Gasteiger partial charge in [-0.1, -0.05) is 38.2 Å². The first-order valence-electron chi connectivity index (χ1n) is 7.91. The quantitative estimate of drug-likeness (QED) is 0.491. The summed E-state index contributed by atoms with van der Waals surface area (Å²) in [5.41, 5.74) is -1.86. The average Bonchev–Trinajstić information content (AvgIpc) is 2.62. The number of allylic oxidation sites excluding steroid dienone is 2. The Bertz CT molecular complexity index is 489. The molecule has 3 fully saturated rings. The monoisotopic (exact) mass is 300 g/mol. The van der Waals surface area contributed by atoms with E-state index in [9.17, 15) is 13.2 Å². The van der Waals surface area contributed by atoms with Crippen LogP contribution < -0.4 is 0 Å². The Kier molecular flexibility index (Phi) is 2.27. The molecule has 0 saturated heterocycles. The van der Waals surface area contributed by atoms with Gasteiger partial charge in [0.25, 0.3) is 0 Å². The molecule has 0 bridgehead atoms. The molecule has 4 heteroatoms. The van der Waals surface area contributed by atoms with Crippen molar-refractivity contribution >= 4 is 8.07 Å². The SMILES string of the molecule is C[Si](C)(C)C[C@@]12C3C=C[C@]1(C(F)(F)F)[C@@H]2[C@H]1CCC[C@@H]31. The summed E-state index contributed by atoms with van der Waals surface area (Å²) < 4.78 is 41.7. The van der Waals surface area contributed by atoms with Crippen LogP contribution in [-0.4, -0.2) is 14.3 Å². The summed E-state index contributed by atoms with van der Waals surface area (Å²) in [5.74, 6) is 1.07. The van der Waals surface area contributed by atoms with E-state index >= 15 is 0 Å². The minimum atomic E-state index is -4.05. The molecule has 0 aromatic rings. The van der Waals surface area contributed by atoms with Gasteiger partial charge in [-0.05, 0) is 48.0 Å². The molecular weight excluding hydrogens is 277 g/mol. The average molecular weight is 300 g/mol. The number of hydrogen-bond acceptors (Lipinski definition) is 0. The van der Waals surface area contributed by atoms with E-state index in [0.29, 0.717) is 11.8 Å². The molecule has 4 aliphatic carbocycles. The van der Waals surface area contributed by atoms with Crippen molar-refractivity contribution in [2.24, 2.45) is 34.5 Å². The predicted octanol–water partition coefficient (Wildman–Crippen LogP) is 5.11. The van der Waals surface area contributed by atoms with E-state index < -0.39 is 25.1 Å². The van der Waals surface area contributed by atoms with Gasteiger partial charge in [0.05, 0.1) is 5.41 Å². The molecule has 0 N–H and O–H groups in total. The third-order valence-corrected chi connectivity index (χ3v) is 8.35. The summed E-state index contributed by atoms with van der Waals surface area (Å²) in [4.78, 5) is 0. The molecule has 1 unspecified atom stereocenters. The van der Waals surface area contributed by atoms with E-state index in [1.54, 1.807) is 6.08 Å². The summed E-state index contributed by atoms with van der Waals surface area (Å²) in [5, 5.41) is 0. The lowest BCUT2D eigenvalue weighted by atomic mass is 9.79. The highest BCUT2D eigenvalue weighted by Crippen LogP contribution is 2.92. The fourth-order valence-corrected chi connectivity index (χ4v) is 9.20. The molecule has 6 atom stereocenters. The zero-order valence-electron chi connectivity index (χ0n) is 12.4. The van der Waals surface area contributed by atoms with Crippen molar-refractivity contribution in [3.05, 3.63) is 12.2 Å². The maximum atomic E-state index is 13.9. The van der Waals surface area contributed by atoms with E-state index in [4.69, 9.17) is 0 Å². The third kappa shape index (κ3) is 1.22. The van der Waals surface area contributed by atoms with Crippen molar-refractivity contribution in [1.82, 2.24) is 0 Å². The van der Waals surface area contributed by atoms with Crippen LogP contribution in [0.1, 0.15) is 19.3 Å². The fourth-order valence-electron chi connectivity index (χ4n) is 6.69. The largest absolute Gasteiger partial charge is 0.398 e. The molecule has 4 aliphatic rings. The molecule has 0 aliphatic heterocycles. The lowest BCUT2D eigenvalue weighted by Gasteiger charge is -2.33.